The number of ether oxygens (including phenoxy) is 1. The number of nitrogens with zero attached hydrogens (tertiary/aromatic N) is 1. The van der Waals surface area contributed by atoms with E-state index in [1.807, 2.05) is 0 Å². The van der Waals surface area contributed by atoms with E-state index in [-0.39, 0.29) is 11.3 Å². The minimum Gasteiger partial charge on any atom is -0.423 e. The molecule has 5 nitrogen and oxygen atoms in total. The normalized spacial score (nSPS) is 13.0. The van der Waals surface area contributed by atoms with Crippen molar-refractivity contribution >= 4 is 23.5 Å². The molecule has 0 aromatic heterocycles. The second-order valence-corrected chi connectivity index (χ2v) is 5.16. The van der Waals surface area contributed by atoms with Gasteiger partial charge in [-0.3, -0.25) is 9.59 Å². The van der Waals surface area contributed by atoms with Crippen LogP contribution in [0.25, 0.3) is 0 Å². The van der Waals surface area contributed by atoms with Crippen LogP contribution in [0.5, 0.6) is 5.75 Å². The molecule has 2 aromatic rings. The van der Waals surface area contributed by atoms with Crippen molar-refractivity contribution in [2.24, 2.45) is 0 Å². The Hall–Kier alpha value is -3.21. The van der Waals surface area contributed by atoms with Crippen LogP contribution < -0.4 is 9.64 Å². The first-order chi connectivity index (χ1) is 11.0. The zero-order valence-electron chi connectivity index (χ0n) is 12.4. The van der Waals surface area contributed by atoms with Crippen LogP contribution in [0, 0.1) is 0 Å². The number of carbonyl (C=O) groups is 3. The number of fused-ring (bicyclic) bond motifs is 1. The van der Waals surface area contributed by atoms with Crippen molar-refractivity contribution in [3.8, 4) is 5.75 Å². The molecule has 3 rings (SSSR count). The van der Waals surface area contributed by atoms with Crippen LogP contribution in [-0.4, -0.2) is 17.8 Å². The van der Waals surface area contributed by atoms with Crippen molar-refractivity contribution in [1.29, 1.82) is 0 Å². The van der Waals surface area contributed by atoms with Crippen molar-refractivity contribution in [3.63, 3.8) is 0 Å². The van der Waals surface area contributed by atoms with Crippen LogP contribution in [0.1, 0.15) is 27.6 Å². The lowest BCUT2D eigenvalue weighted by Gasteiger charge is -2.15. The summed E-state index contributed by atoms with van der Waals surface area (Å²) in [6, 6.07) is 12.9. The van der Waals surface area contributed by atoms with Crippen LogP contribution >= 0.6 is 0 Å². The molecule has 2 aromatic carbocycles. The highest BCUT2D eigenvalue weighted by molar-refractivity contribution is 6.34. The topological polar surface area (TPSA) is 63.7 Å². The molecule has 0 bridgehead atoms. The SMILES string of the molecule is C=C(C)C(=O)Oc1cccc(N2C(=O)c3ccccc3C2=O)c1. The molecule has 0 N–H and O–H groups in total. The second kappa shape index (κ2) is 5.53. The Morgan fingerprint density at radius 3 is 2.17 bits per heavy atom. The third-order valence-corrected chi connectivity index (χ3v) is 3.43. The Morgan fingerprint density at radius 1 is 1.00 bits per heavy atom. The largest absolute Gasteiger partial charge is 0.423 e. The number of hydrogen-bond donors (Lipinski definition) is 0. The molecule has 0 spiro atoms. The molecule has 23 heavy (non-hydrogen) atoms. The Balaban J connectivity index is 1.95. The average molecular weight is 307 g/mol. The van der Waals surface area contributed by atoms with Crippen molar-refractivity contribution in [1.82, 2.24) is 0 Å². The van der Waals surface area contributed by atoms with Gasteiger partial charge < -0.3 is 4.74 Å². The fraction of sp³-hybridized carbons (Fsp3) is 0.0556. The molecular weight excluding hydrogens is 294 g/mol. The smallest absolute Gasteiger partial charge is 0.338 e. The van der Waals surface area contributed by atoms with Gasteiger partial charge in [-0.05, 0) is 31.2 Å². The van der Waals surface area contributed by atoms with Crippen LogP contribution in [0.4, 0.5) is 5.69 Å². The van der Waals surface area contributed by atoms with Crippen molar-refractivity contribution < 1.29 is 19.1 Å². The van der Waals surface area contributed by atoms with Gasteiger partial charge in [0, 0.05) is 11.6 Å². The van der Waals surface area contributed by atoms with Gasteiger partial charge in [0.15, 0.2) is 0 Å². The lowest BCUT2D eigenvalue weighted by atomic mass is 10.1. The molecule has 0 fully saturated rings. The van der Waals surface area contributed by atoms with E-state index in [1.165, 1.54) is 13.0 Å². The maximum absolute atomic E-state index is 12.4. The van der Waals surface area contributed by atoms with Gasteiger partial charge in [-0.2, -0.15) is 0 Å². The number of anilines is 1. The van der Waals surface area contributed by atoms with E-state index in [4.69, 9.17) is 4.74 Å². The van der Waals surface area contributed by atoms with Gasteiger partial charge in [-0.1, -0.05) is 24.8 Å². The molecule has 0 radical (unpaired) electrons. The number of imide groups is 1. The van der Waals surface area contributed by atoms with Gasteiger partial charge in [0.05, 0.1) is 16.8 Å². The van der Waals surface area contributed by atoms with E-state index in [1.54, 1.807) is 42.5 Å². The highest BCUT2D eigenvalue weighted by atomic mass is 16.5. The number of benzene rings is 2. The first-order valence-electron chi connectivity index (χ1n) is 6.94. The molecular formula is C18H13NO4. The van der Waals surface area contributed by atoms with Gasteiger partial charge in [-0.25, -0.2) is 9.69 Å². The number of hydrogen-bond acceptors (Lipinski definition) is 4. The Morgan fingerprint density at radius 2 is 1.61 bits per heavy atom. The maximum Gasteiger partial charge on any atom is 0.338 e. The molecule has 1 heterocycles. The van der Waals surface area contributed by atoms with E-state index in [0.717, 1.165) is 4.90 Å². The zero-order valence-corrected chi connectivity index (χ0v) is 12.4. The van der Waals surface area contributed by atoms with Gasteiger partial charge in [0.1, 0.15) is 5.75 Å². The van der Waals surface area contributed by atoms with Crippen molar-refractivity contribution in [2.75, 3.05) is 4.90 Å². The van der Waals surface area contributed by atoms with Crippen molar-refractivity contribution in [3.05, 3.63) is 71.8 Å². The summed E-state index contributed by atoms with van der Waals surface area (Å²) in [5.41, 5.74) is 1.34. The predicted octanol–water partition coefficient (Wildman–Crippen LogP) is 2.97. The maximum atomic E-state index is 12.4. The van der Waals surface area contributed by atoms with Crippen LogP contribution in [0.3, 0.4) is 0 Å². The van der Waals surface area contributed by atoms with Gasteiger partial charge in [-0.15, -0.1) is 0 Å². The van der Waals surface area contributed by atoms with E-state index in [2.05, 4.69) is 6.58 Å². The summed E-state index contributed by atoms with van der Waals surface area (Å²) in [4.78, 5) is 37.5. The quantitative estimate of drug-likeness (QED) is 0.378. The summed E-state index contributed by atoms with van der Waals surface area (Å²) >= 11 is 0. The fourth-order valence-electron chi connectivity index (χ4n) is 2.30. The highest BCUT2D eigenvalue weighted by Crippen LogP contribution is 2.30. The summed E-state index contributed by atoms with van der Waals surface area (Å²) in [6.07, 6.45) is 0. The summed E-state index contributed by atoms with van der Waals surface area (Å²) in [5, 5.41) is 0. The Bertz CT molecular complexity index is 819. The number of carbonyl (C=O) groups excluding carboxylic acids is 3. The second-order valence-electron chi connectivity index (χ2n) is 5.16. The predicted molar refractivity (Wildman–Crippen MR) is 84.5 cm³/mol. The van der Waals surface area contributed by atoms with Gasteiger partial charge in [0.25, 0.3) is 11.8 Å². The van der Waals surface area contributed by atoms with E-state index in [9.17, 15) is 14.4 Å². The first kappa shape index (κ1) is 14.7. The third-order valence-electron chi connectivity index (χ3n) is 3.43. The molecule has 0 saturated carbocycles. The monoisotopic (exact) mass is 307 g/mol. The number of amides is 2. The highest BCUT2D eigenvalue weighted by Gasteiger charge is 2.36. The van der Waals surface area contributed by atoms with Crippen molar-refractivity contribution in [2.45, 2.75) is 6.92 Å². The molecule has 114 valence electrons. The standard InChI is InChI=1S/C18H13NO4/c1-11(2)18(22)23-13-7-5-6-12(10-13)19-16(20)14-8-3-4-9-15(14)17(19)21/h3-10H,1H2,2H3. The minimum atomic E-state index is -0.565. The third kappa shape index (κ3) is 2.53. The molecule has 0 aliphatic carbocycles. The molecule has 0 atom stereocenters. The van der Waals surface area contributed by atoms with Crippen LogP contribution in [0.2, 0.25) is 0 Å². The van der Waals surface area contributed by atoms with Gasteiger partial charge >= 0.3 is 5.97 Å². The molecule has 5 heteroatoms. The average Bonchev–Trinajstić information content (AvgIpc) is 2.79. The Kier molecular flexibility index (Phi) is 3.54. The molecule has 1 aliphatic heterocycles. The summed E-state index contributed by atoms with van der Waals surface area (Å²) < 4.78 is 5.14. The van der Waals surface area contributed by atoms with E-state index >= 15 is 0 Å². The summed E-state index contributed by atoms with van der Waals surface area (Å²) in [6.45, 7) is 5.05. The lowest BCUT2D eigenvalue weighted by molar-refractivity contribution is -0.130. The minimum absolute atomic E-state index is 0.243. The number of rotatable bonds is 3. The molecule has 1 aliphatic rings. The zero-order chi connectivity index (χ0) is 16.6. The number of esters is 1. The molecule has 0 unspecified atom stereocenters. The van der Waals surface area contributed by atoms with Crippen LogP contribution in [-0.2, 0) is 4.79 Å². The van der Waals surface area contributed by atoms with Gasteiger partial charge in [0.2, 0.25) is 0 Å². The molecule has 0 saturated heterocycles. The fourth-order valence-corrected chi connectivity index (χ4v) is 2.30. The lowest BCUT2D eigenvalue weighted by Crippen LogP contribution is -2.29. The summed E-state index contributed by atoms with van der Waals surface area (Å²) in [7, 11) is 0. The van der Waals surface area contributed by atoms with E-state index in [0.29, 0.717) is 16.8 Å². The molecule has 2 amide bonds. The first-order valence-corrected chi connectivity index (χ1v) is 6.94. The van der Waals surface area contributed by atoms with Crippen LogP contribution in [0.15, 0.2) is 60.7 Å². The Labute approximate surface area is 132 Å². The summed E-state index contributed by atoms with van der Waals surface area (Å²) in [5.74, 6) is -1.11. The van der Waals surface area contributed by atoms with E-state index < -0.39 is 17.8 Å².